The second-order valence-corrected chi connectivity index (χ2v) is 9.63. The fraction of sp³-hybridized carbons (Fsp3) is 0.391. The fourth-order valence-corrected chi connectivity index (χ4v) is 6.07. The Hall–Kier alpha value is -2.89. The zero-order chi connectivity index (χ0) is 21.8. The molecule has 1 saturated heterocycles. The summed E-state index contributed by atoms with van der Waals surface area (Å²) in [4.78, 5) is 14.8. The number of benzene rings is 1. The molecule has 1 saturated carbocycles. The molecule has 7 nitrogen and oxygen atoms in total. The zero-order valence-electron chi connectivity index (χ0n) is 17.1. The van der Waals surface area contributed by atoms with Crippen LogP contribution in [-0.4, -0.2) is 41.4 Å². The van der Waals surface area contributed by atoms with Crippen LogP contribution < -0.4 is 4.72 Å². The molecule has 1 aromatic heterocycles. The molecule has 31 heavy (non-hydrogen) atoms. The van der Waals surface area contributed by atoms with Gasteiger partial charge in [0, 0.05) is 29.9 Å². The van der Waals surface area contributed by atoms with Gasteiger partial charge < -0.3 is 5.11 Å². The van der Waals surface area contributed by atoms with Gasteiger partial charge in [-0.15, -0.1) is 0 Å². The number of nitrogens with zero attached hydrogens (tertiary/aromatic N) is 2. The van der Waals surface area contributed by atoms with Crippen LogP contribution in [0.15, 0.2) is 42.6 Å². The van der Waals surface area contributed by atoms with E-state index in [1.807, 2.05) is 0 Å². The van der Waals surface area contributed by atoms with Gasteiger partial charge >= 0.3 is 16.2 Å². The molecule has 1 aliphatic carbocycles. The highest BCUT2D eigenvalue weighted by molar-refractivity contribution is 7.90. The van der Waals surface area contributed by atoms with Crippen LogP contribution in [0.5, 0.6) is 0 Å². The number of piperidine rings is 1. The molecule has 0 amide bonds. The molecule has 0 radical (unpaired) electrons. The van der Waals surface area contributed by atoms with Crippen molar-refractivity contribution < 1.29 is 18.3 Å². The van der Waals surface area contributed by atoms with Crippen molar-refractivity contribution in [2.75, 3.05) is 11.3 Å². The number of hydrogen-bond acceptors (Lipinski definition) is 4. The smallest absolute Gasteiger partial charge is 0.354 e. The second kappa shape index (κ2) is 9.08. The standard InChI is InChI=1S/C23H25N3O4S/c27-23(28)21-14-12-17(16-24-21)11-13-18-6-1-3-9-20(18)25-31(29,30)26-15-5-8-19-7-2-4-10-22(19)26/h1,3,6,9,12,14,16,19,22,25H,2,4-5,7-8,10,15H2,(H,27,28)/t19-,22+/m1/s1. The average Bonchev–Trinajstić information content (AvgIpc) is 2.78. The summed E-state index contributed by atoms with van der Waals surface area (Å²) < 4.78 is 30.9. The number of anilines is 1. The Balaban J connectivity index is 1.55. The minimum absolute atomic E-state index is 0.0544. The van der Waals surface area contributed by atoms with Crippen molar-refractivity contribution in [2.45, 2.75) is 44.6 Å². The number of aromatic carboxylic acids is 1. The van der Waals surface area contributed by atoms with Gasteiger partial charge in [0.2, 0.25) is 0 Å². The number of carbonyl (C=O) groups is 1. The van der Waals surface area contributed by atoms with Crippen LogP contribution in [0.2, 0.25) is 0 Å². The van der Waals surface area contributed by atoms with E-state index in [1.54, 1.807) is 34.6 Å². The number of pyridine rings is 1. The van der Waals surface area contributed by atoms with Gasteiger partial charge in [-0.05, 0) is 55.9 Å². The molecule has 1 aromatic carbocycles. The summed E-state index contributed by atoms with van der Waals surface area (Å²) >= 11 is 0. The summed E-state index contributed by atoms with van der Waals surface area (Å²) in [5.41, 5.74) is 1.47. The maximum absolute atomic E-state index is 13.2. The first-order chi connectivity index (χ1) is 14.9. The van der Waals surface area contributed by atoms with Crippen molar-refractivity contribution >= 4 is 21.9 Å². The number of para-hydroxylation sites is 1. The normalized spacial score (nSPS) is 21.4. The number of hydrogen-bond donors (Lipinski definition) is 2. The molecule has 2 aromatic rings. The van der Waals surface area contributed by atoms with Crippen molar-refractivity contribution in [3.8, 4) is 11.8 Å². The van der Waals surface area contributed by atoms with Gasteiger partial charge in [-0.1, -0.05) is 36.8 Å². The monoisotopic (exact) mass is 439 g/mol. The second-order valence-electron chi connectivity index (χ2n) is 8.00. The van der Waals surface area contributed by atoms with Crippen molar-refractivity contribution in [1.29, 1.82) is 0 Å². The van der Waals surface area contributed by atoms with Gasteiger partial charge in [0.25, 0.3) is 0 Å². The van der Waals surface area contributed by atoms with E-state index in [0.717, 1.165) is 32.1 Å². The summed E-state index contributed by atoms with van der Waals surface area (Å²) in [5.74, 6) is 5.26. The highest BCUT2D eigenvalue weighted by atomic mass is 32.2. The van der Waals surface area contributed by atoms with Crippen LogP contribution in [0.1, 0.15) is 60.1 Å². The fourth-order valence-electron chi connectivity index (χ4n) is 4.49. The van der Waals surface area contributed by atoms with E-state index in [2.05, 4.69) is 21.5 Å². The predicted octanol–water partition coefficient (Wildman–Crippen LogP) is 3.49. The van der Waals surface area contributed by atoms with Crippen LogP contribution in [-0.2, 0) is 10.2 Å². The quantitative estimate of drug-likeness (QED) is 0.711. The van der Waals surface area contributed by atoms with E-state index in [4.69, 9.17) is 5.11 Å². The molecule has 162 valence electrons. The molecular formula is C23H25N3O4S. The maximum atomic E-state index is 13.2. The molecular weight excluding hydrogens is 414 g/mol. The van der Waals surface area contributed by atoms with Crippen molar-refractivity contribution in [3.63, 3.8) is 0 Å². The van der Waals surface area contributed by atoms with Gasteiger partial charge in [-0.2, -0.15) is 12.7 Å². The Labute approximate surface area is 182 Å². The number of carboxylic acid groups (broad SMARTS) is 1. The number of carboxylic acids is 1. The third-order valence-electron chi connectivity index (χ3n) is 5.99. The van der Waals surface area contributed by atoms with E-state index in [9.17, 15) is 13.2 Å². The minimum Gasteiger partial charge on any atom is -0.477 e. The Morgan fingerprint density at radius 3 is 2.61 bits per heavy atom. The lowest BCUT2D eigenvalue weighted by Crippen LogP contribution is -2.51. The van der Waals surface area contributed by atoms with Gasteiger partial charge in [-0.3, -0.25) is 4.72 Å². The van der Waals surface area contributed by atoms with Gasteiger partial charge in [0.05, 0.1) is 5.69 Å². The maximum Gasteiger partial charge on any atom is 0.354 e. The molecule has 2 heterocycles. The Morgan fingerprint density at radius 1 is 1.06 bits per heavy atom. The topological polar surface area (TPSA) is 99.6 Å². The summed E-state index contributed by atoms with van der Waals surface area (Å²) in [6.07, 6.45) is 7.67. The predicted molar refractivity (Wildman–Crippen MR) is 118 cm³/mol. The Bertz CT molecular complexity index is 1120. The van der Waals surface area contributed by atoms with E-state index in [1.165, 1.54) is 18.7 Å². The van der Waals surface area contributed by atoms with Crippen LogP contribution in [0.25, 0.3) is 0 Å². The van der Waals surface area contributed by atoms with E-state index in [0.29, 0.717) is 29.3 Å². The first-order valence-electron chi connectivity index (χ1n) is 10.5. The van der Waals surface area contributed by atoms with Gasteiger partial charge in [0.15, 0.2) is 0 Å². The molecule has 4 rings (SSSR count). The minimum atomic E-state index is -3.69. The van der Waals surface area contributed by atoms with Crippen molar-refractivity contribution in [3.05, 3.63) is 59.4 Å². The lowest BCUT2D eigenvalue weighted by Gasteiger charge is -2.43. The molecule has 2 atom stereocenters. The Morgan fingerprint density at radius 2 is 1.84 bits per heavy atom. The molecule has 2 aliphatic rings. The number of rotatable bonds is 4. The molecule has 8 heteroatoms. The summed E-state index contributed by atoms with van der Waals surface area (Å²) in [7, 11) is -3.69. The number of aromatic nitrogens is 1. The largest absolute Gasteiger partial charge is 0.477 e. The van der Waals surface area contributed by atoms with Crippen LogP contribution in [0.4, 0.5) is 5.69 Å². The lowest BCUT2D eigenvalue weighted by atomic mass is 9.79. The summed E-state index contributed by atoms with van der Waals surface area (Å²) in [6, 6.07) is 10.1. The van der Waals surface area contributed by atoms with Gasteiger partial charge in [0.1, 0.15) is 5.69 Å². The van der Waals surface area contributed by atoms with Crippen LogP contribution in [0.3, 0.4) is 0 Å². The molecule has 1 aliphatic heterocycles. The third kappa shape index (κ3) is 4.89. The molecule has 2 N–H and O–H groups in total. The summed E-state index contributed by atoms with van der Waals surface area (Å²) in [6.45, 7) is 0.548. The number of fused-ring (bicyclic) bond motifs is 1. The Kier molecular flexibility index (Phi) is 6.25. The van der Waals surface area contributed by atoms with E-state index in [-0.39, 0.29) is 11.7 Å². The van der Waals surface area contributed by atoms with Gasteiger partial charge in [-0.25, -0.2) is 9.78 Å². The highest BCUT2D eigenvalue weighted by Crippen LogP contribution is 2.37. The molecule has 0 unspecified atom stereocenters. The highest BCUT2D eigenvalue weighted by Gasteiger charge is 2.39. The SMILES string of the molecule is O=C(O)c1ccc(C#Cc2ccccc2NS(=O)(=O)N2CCC[C@H]3CCCC[C@@H]32)cn1. The van der Waals surface area contributed by atoms with Crippen LogP contribution in [0, 0.1) is 17.8 Å². The molecule has 2 fully saturated rings. The third-order valence-corrected chi connectivity index (χ3v) is 7.54. The zero-order valence-corrected chi connectivity index (χ0v) is 17.9. The first kappa shape index (κ1) is 21.3. The van der Waals surface area contributed by atoms with Crippen molar-refractivity contribution in [2.24, 2.45) is 5.92 Å². The van der Waals surface area contributed by atoms with Crippen LogP contribution >= 0.6 is 0 Å². The molecule has 0 bridgehead atoms. The first-order valence-corrected chi connectivity index (χ1v) is 12.0. The average molecular weight is 440 g/mol. The van der Waals surface area contributed by atoms with E-state index < -0.39 is 16.2 Å². The van der Waals surface area contributed by atoms with E-state index >= 15 is 0 Å². The summed E-state index contributed by atoms with van der Waals surface area (Å²) in [5, 5.41) is 8.94. The lowest BCUT2D eigenvalue weighted by molar-refractivity contribution is 0.0690. The molecule has 0 spiro atoms. The number of nitrogens with one attached hydrogen (secondary N) is 1. The van der Waals surface area contributed by atoms with Crippen molar-refractivity contribution in [1.82, 2.24) is 9.29 Å².